The summed E-state index contributed by atoms with van der Waals surface area (Å²) in [5.41, 5.74) is -1.38. The first kappa shape index (κ1) is 16.4. The third-order valence-corrected chi connectivity index (χ3v) is 2.73. The smallest absolute Gasteiger partial charge is 0.312 e. The number of phenolic OH excluding ortho intramolecular Hbond substituents is 1. The maximum absolute atomic E-state index is 11.0. The fraction of sp³-hybridized carbons (Fsp3) is 0.333. The van der Waals surface area contributed by atoms with E-state index in [1.54, 1.807) is 6.07 Å². The number of nitro benzene ring substituents is 1. The van der Waals surface area contributed by atoms with Crippen LogP contribution in [0.5, 0.6) is 5.75 Å². The first-order chi connectivity index (χ1) is 9.81. The van der Waals surface area contributed by atoms with Gasteiger partial charge in [0.15, 0.2) is 5.75 Å². The number of hydrogen-bond donors (Lipinski definition) is 3. The van der Waals surface area contributed by atoms with Crippen LogP contribution in [-0.2, 0) is 9.53 Å². The number of hydrogen-bond acceptors (Lipinski definition) is 8. The highest BCUT2D eigenvalue weighted by Gasteiger charge is 2.29. The van der Waals surface area contributed by atoms with Gasteiger partial charge in [0.2, 0.25) is 0 Å². The zero-order chi connectivity index (χ0) is 16.2. The first-order valence-electron chi connectivity index (χ1n) is 5.66. The van der Waals surface area contributed by atoms with E-state index in [9.17, 15) is 30.2 Å². The average Bonchev–Trinajstić information content (AvgIpc) is 2.46. The molecule has 9 nitrogen and oxygen atoms in total. The van der Waals surface area contributed by atoms with Crippen molar-refractivity contribution in [3.63, 3.8) is 0 Å². The van der Waals surface area contributed by atoms with Crippen LogP contribution in [-0.4, -0.2) is 39.4 Å². The Hall–Kier alpha value is -2.70. The van der Waals surface area contributed by atoms with Crippen molar-refractivity contribution in [1.29, 1.82) is 5.26 Å². The van der Waals surface area contributed by atoms with Gasteiger partial charge in [-0.1, -0.05) is 0 Å². The topological polar surface area (TPSA) is 154 Å². The van der Waals surface area contributed by atoms with E-state index < -0.39 is 46.5 Å². The molecule has 0 bridgehead atoms. The van der Waals surface area contributed by atoms with Crippen LogP contribution in [0.2, 0.25) is 0 Å². The molecular weight excluding hydrogens is 284 g/mol. The molecule has 0 aromatic heterocycles. The average molecular weight is 296 g/mol. The molecule has 9 heteroatoms. The number of carbonyl (C=O) groups is 1. The molecule has 1 aromatic rings. The van der Waals surface area contributed by atoms with Crippen LogP contribution in [0.15, 0.2) is 12.1 Å². The summed E-state index contributed by atoms with van der Waals surface area (Å²) in [5, 5.41) is 48.9. The number of phenols is 1. The summed E-state index contributed by atoms with van der Waals surface area (Å²) in [6.07, 6.45) is -4.03. The predicted molar refractivity (Wildman–Crippen MR) is 67.1 cm³/mol. The molecule has 2 atom stereocenters. The Morgan fingerprint density at radius 3 is 2.62 bits per heavy atom. The molecule has 0 aliphatic rings. The van der Waals surface area contributed by atoms with Gasteiger partial charge >= 0.3 is 11.7 Å². The maximum atomic E-state index is 11.0. The van der Waals surface area contributed by atoms with Crippen molar-refractivity contribution >= 4 is 11.7 Å². The highest BCUT2D eigenvalue weighted by Crippen LogP contribution is 2.36. The van der Waals surface area contributed by atoms with Gasteiger partial charge in [0.1, 0.15) is 6.10 Å². The van der Waals surface area contributed by atoms with Crippen molar-refractivity contribution in [3.8, 4) is 11.8 Å². The molecule has 0 saturated heterocycles. The van der Waals surface area contributed by atoms with Crippen LogP contribution < -0.4 is 0 Å². The Kier molecular flexibility index (Phi) is 5.18. The molecule has 0 spiro atoms. The molecule has 0 amide bonds. The van der Waals surface area contributed by atoms with Crippen LogP contribution in [0.1, 0.15) is 23.7 Å². The number of aliphatic hydroxyl groups is 2. The molecule has 0 saturated carbocycles. The van der Waals surface area contributed by atoms with Crippen LogP contribution in [0.4, 0.5) is 5.69 Å². The molecule has 0 aliphatic heterocycles. The molecule has 112 valence electrons. The number of carbonyl (C=O) groups excluding carboxylic acids is 1. The number of rotatable bonds is 5. The standard InChI is InChI=1S/C12H12N2O7/c1-21-10(16)4-9(15)12(18)7-2-6(5-13)3-8(11(7)17)14(19)20/h2-3,9,12,15,17-18H,4H2,1H3. The second-order valence-corrected chi connectivity index (χ2v) is 4.09. The van der Waals surface area contributed by atoms with Crippen molar-refractivity contribution in [2.45, 2.75) is 18.6 Å². The number of ether oxygens (including phenoxy) is 1. The number of nitrogens with zero attached hydrogens (tertiary/aromatic N) is 2. The van der Waals surface area contributed by atoms with Gasteiger partial charge in [0, 0.05) is 11.6 Å². The summed E-state index contributed by atoms with van der Waals surface area (Å²) >= 11 is 0. The summed E-state index contributed by atoms with van der Waals surface area (Å²) in [5.74, 6) is -1.69. The lowest BCUT2D eigenvalue weighted by Crippen LogP contribution is -2.23. The van der Waals surface area contributed by atoms with Crippen molar-refractivity contribution in [3.05, 3.63) is 33.4 Å². The zero-order valence-electron chi connectivity index (χ0n) is 10.9. The van der Waals surface area contributed by atoms with E-state index in [-0.39, 0.29) is 5.56 Å². The lowest BCUT2D eigenvalue weighted by atomic mass is 9.98. The molecule has 1 rings (SSSR count). The number of aromatic hydroxyl groups is 1. The second kappa shape index (κ2) is 6.65. The van der Waals surface area contributed by atoms with Crippen molar-refractivity contribution in [2.75, 3.05) is 7.11 Å². The molecule has 2 unspecified atom stereocenters. The Bertz CT molecular complexity index is 608. The monoisotopic (exact) mass is 296 g/mol. The van der Waals surface area contributed by atoms with Gasteiger partial charge in [0.05, 0.1) is 36.2 Å². The number of benzene rings is 1. The molecule has 21 heavy (non-hydrogen) atoms. The van der Waals surface area contributed by atoms with Gasteiger partial charge in [-0.3, -0.25) is 14.9 Å². The fourth-order valence-electron chi connectivity index (χ4n) is 1.64. The number of nitro groups is 1. The van der Waals surface area contributed by atoms with E-state index in [0.717, 1.165) is 19.2 Å². The highest BCUT2D eigenvalue weighted by atomic mass is 16.6. The Morgan fingerprint density at radius 2 is 2.14 bits per heavy atom. The highest BCUT2D eigenvalue weighted by molar-refractivity contribution is 5.70. The predicted octanol–water partition coefficient (Wildman–Crippen LogP) is 0.129. The summed E-state index contributed by atoms with van der Waals surface area (Å²) in [7, 11) is 1.08. The maximum Gasteiger partial charge on any atom is 0.312 e. The minimum Gasteiger partial charge on any atom is -0.502 e. The summed E-state index contributed by atoms with van der Waals surface area (Å²) in [6, 6.07) is 3.46. The summed E-state index contributed by atoms with van der Waals surface area (Å²) in [6.45, 7) is 0. The number of aliphatic hydroxyl groups excluding tert-OH is 2. The Labute approximate surface area is 118 Å². The van der Waals surface area contributed by atoms with Gasteiger partial charge in [0.25, 0.3) is 0 Å². The SMILES string of the molecule is COC(=O)CC(O)C(O)c1cc(C#N)cc([N+](=O)[O-])c1O. The lowest BCUT2D eigenvalue weighted by molar-refractivity contribution is -0.386. The number of methoxy groups -OCH3 is 1. The molecule has 0 aliphatic carbocycles. The van der Waals surface area contributed by atoms with E-state index in [4.69, 9.17) is 5.26 Å². The largest absolute Gasteiger partial charge is 0.502 e. The molecule has 1 aromatic carbocycles. The third kappa shape index (κ3) is 3.65. The molecular formula is C12H12N2O7. The molecule has 0 radical (unpaired) electrons. The van der Waals surface area contributed by atoms with Gasteiger partial charge in [-0.25, -0.2) is 0 Å². The van der Waals surface area contributed by atoms with Gasteiger partial charge in [-0.05, 0) is 6.07 Å². The van der Waals surface area contributed by atoms with Gasteiger partial charge < -0.3 is 20.1 Å². The van der Waals surface area contributed by atoms with E-state index in [2.05, 4.69) is 4.74 Å². The zero-order valence-corrected chi connectivity index (χ0v) is 10.9. The molecule has 0 heterocycles. The Morgan fingerprint density at radius 1 is 1.52 bits per heavy atom. The van der Waals surface area contributed by atoms with E-state index in [1.807, 2.05) is 0 Å². The third-order valence-electron chi connectivity index (χ3n) is 2.73. The Balaban J connectivity index is 3.23. The second-order valence-electron chi connectivity index (χ2n) is 4.09. The lowest BCUT2D eigenvalue weighted by Gasteiger charge is -2.18. The van der Waals surface area contributed by atoms with Crippen LogP contribution in [0, 0.1) is 21.4 Å². The van der Waals surface area contributed by atoms with Crippen molar-refractivity contribution in [2.24, 2.45) is 0 Å². The van der Waals surface area contributed by atoms with E-state index >= 15 is 0 Å². The van der Waals surface area contributed by atoms with E-state index in [1.165, 1.54) is 0 Å². The van der Waals surface area contributed by atoms with Crippen LogP contribution >= 0.6 is 0 Å². The first-order valence-corrected chi connectivity index (χ1v) is 5.66. The quantitative estimate of drug-likeness (QED) is 0.393. The van der Waals surface area contributed by atoms with Gasteiger partial charge in [-0.2, -0.15) is 5.26 Å². The van der Waals surface area contributed by atoms with Crippen molar-refractivity contribution < 1.29 is 29.8 Å². The number of esters is 1. The minimum atomic E-state index is -1.80. The molecule has 3 N–H and O–H groups in total. The summed E-state index contributed by atoms with van der Waals surface area (Å²) < 4.78 is 4.31. The normalized spacial score (nSPS) is 13.0. The fourth-order valence-corrected chi connectivity index (χ4v) is 1.64. The number of nitriles is 1. The van der Waals surface area contributed by atoms with Crippen molar-refractivity contribution in [1.82, 2.24) is 0 Å². The van der Waals surface area contributed by atoms with Crippen LogP contribution in [0.25, 0.3) is 0 Å². The van der Waals surface area contributed by atoms with Crippen LogP contribution in [0.3, 0.4) is 0 Å². The summed E-state index contributed by atoms with van der Waals surface area (Å²) in [4.78, 5) is 20.9. The van der Waals surface area contributed by atoms with E-state index in [0.29, 0.717) is 0 Å². The molecule has 0 fully saturated rings. The van der Waals surface area contributed by atoms with Gasteiger partial charge in [-0.15, -0.1) is 0 Å². The minimum absolute atomic E-state index is 0.182.